The van der Waals surface area contributed by atoms with Crippen molar-refractivity contribution in [1.82, 2.24) is 0 Å². The third-order valence-electron chi connectivity index (χ3n) is 6.91. The van der Waals surface area contributed by atoms with Crippen molar-refractivity contribution in [1.29, 1.82) is 5.26 Å². The van der Waals surface area contributed by atoms with Crippen LogP contribution < -0.4 is 0 Å². The van der Waals surface area contributed by atoms with Crippen molar-refractivity contribution in [3.63, 3.8) is 0 Å². The molecule has 5 aliphatic rings. The molecule has 1 atom stereocenters. The molecule has 4 saturated carbocycles. The summed E-state index contributed by atoms with van der Waals surface area (Å²) in [5.74, 6) is 1.63. The summed E-state index contributed by atoms with van der Waals surface area (Å²) in [4.78, 5) is 11.7. The number of aromatic hydroxyl groups is 1. The molecule has 5 heteroatoms. The van der Waals surface area contributed by atoms with E-state index >= 15 is 0 Å². The number of phenols is 1. The average Bonchev–Trinajstić information content (AvgIpc) is 2.57. The summed E-state index contributed by atoms with van der Waals surface area (Å²) in [7, 11) is 0. The lowest BCUT2D eigenvalue weighted by molar-refractivity contribution is -0.648. The number of hydrogen-bond donors (Lipinski definition) is 1. The lowest BCUT2D eigenvalue weighted by Crippen LogP contribution is -2.76. The van der Waals surface area contributed by atoms with Crippen LogP contribution in [0.5, 0.6) is 5.75 Å². The van der Waals surface area contributed by atoms with Crippen molar-refractivity contribution < 1.29 is 19.6 Å². The Morgan fingerprint density at radius 2 is 1.84 bits per heavy atom. The normalized spacial score (nSPS) is 43.8. The van der Waals surface area contributed by atoms with Gasteiger partial charge in [-0.15, -0.1) is 0 Å². The highest BCUT2D eigenvalue weighted by atomic mass is 17.3. The monoisotopic (exact) mass is 341 g/mol. The number of phenolic OH excluding ortho intramolecular Hbond substituents is 1. The zero-order chi connectivity index (χ0) is 17.1. The number of hydrogen-bond acceptors (Lipinski definition) is 5. The highest BCUT2D eigenvalue weighted by Crippen LogP contribution is 2.69. The molecule has 0 amide bonds. The molecule has 0 radical (unpaired) electrons. The van der Waals surface area contributed by atoms with E-state index in [1.807, 2.05) is 12.1 Å². The van der Waals surface area contributed by atoms with Gasteiger partial charge in [0, 0.05) is 5.56 Å². The molecule has 1 saturated heterocycles. The number of ether oxygens (including phenoxy) is 1. The third kappa shape index (κ3) is 1.99. The quantitative estimate of drug-likeness (QED) is 0.669. The van der Waals surface area contributed by atoms with E-state index in [2.05, 4.69) is 6.07 Å². The van der Waals surface area contributed by atoms with Crippen LogP contribution in [0.3, 0.4) is 0 Å². The van der Waals surface area contributed by atoms with Gasteiger partial charge in [0.05, 0.1) is 19.1 Å². The summed E-state index contributed by atoms with van der Waals surface area (Å²) in [5.41, 5.74) is 0.313. The van der Waals surface area contributed by atoms with Crippen LogP contribution in [0.2, 0.25) is 0 Å². The van der Waals surface area contributed by atoms with Gasteiger partial charge in [0.1, 0.15) is 5.75 Å². The highest BCUT2D eigenvalue weighted by molar-refractivity contribution is 5.35. The van der Waals surface area contributed by atoms with E-state index in [-0.39, 0.29) is 5.75 Å². The predicted molar refractivity (Wildman–Crippen MR) is 87.9 cm³/mol. The number of nitriles is 1. The fraction of sp³-hybridized carbons (Fsp3) is 0.650. The van der Waals surface area contributed by atoms with E-state index in [0.717, 1.165) is 17.4 Å². The second-order valence-electron chi connectivity index (χ2n) is 8.19. The van der Waals surface area contributed by atoms with Crippen LogP contribution >= 0.6 is 0 Å². The molecule has 132 valence electrons. The van der Waals surface area contributed by atoms with Crippen molar-refractivity contribution in [3.05, 3.63) is 29.8 Å². The van der Waals surface area contributed by atoms with Crippen molar-refractivity contribution in [3.8, 4) is 11.8 Å². The number of nitrogens with zero attached hydrogens (tertiary/aromatic N) is 1. The van der Waals surface area contributed by atoms with E-state index in [9.17, 15) is 5.11 Å². The van der Waals surface area contributed by atoms with Crippen molar-refractivity contribution >= 4 is 0 Å². The third-order valence-corrected chi connectivity index (χ3v) is 6.91. The highest BCUT2D eigenvalue weighted by Gasteiger charge is 2.76. The van der Waals surface area contributed by atoms with Crippen LogP contribution in [-0.4, -0.2) is 17.3 Å². The molecule has 0 aromatic heterocycles. The maximum Gasteiger partial charge on any atom is 0.261 e. The molecule has 5 nitrogen and oxygen atoms in total. The van der Waals surface area contributed by atoms with E-state index in [4.69, 9.17) is 19.8 Å². The largest absolute Gasteiger partial charge is 0.508 e. The van der Waals surface area contributed by atoms with E-state index in [0.29, 0.717) is 24.9 Å². The van der Waals surface area contributed by atoms with Crippen LogP contribution in [0.4, 0.5) is 0 Å². The molecular formula is C20H23NO4. The molecule has 4 bridgehead atoms. The zero-order valence-corrected chi connectivity index (χ0v) is 14.2. The summed E-state index contributed by atoms with van der Waals surface area (Å²) in [6.45, 7) is 0.295. The first-order valence-electron chi connectivity index (χ1n) is 9.35. The molecule has 4 aliphatic carbocycles. The Bertz CT molecular complexity index is 699. The van der Waals surface area contributed by atoms with Crippen LogP contribution in [0.15, 0.2) is 24.3 Å². The van der Waals surface area contributed by atoms with Crippen LogP contribution in [0, 0.1) is 35.0 Å². The van der Waals surface area contributed by atoms with Crippen molar-refractivity contribution in [2.75, 3.05) is 6.61 Å². The summed E-state index contributed by atoms with van der Waals surface area (Å²) in [6, 6.07) is 9.24. The summed E-state index contributed by atoms with van der Waals surface area (Å²) < 4.78 is 6.25. The first-order valence-corrected chi connectivity index (χ1v) is 9.35. The van der Waals surface area contributed by atoms with Gasteiger partial charge in [0.2, 0.25) is 0 Å². The van der Waals surface area contributed by atoms with Gasteiger partial charge in [-0.1, -0.05) is 12.1 Å². The molecule has 25 heavy (non-hydrogen) atoms. The van der Waals surface area contributed by atoms with E-state index in [1.165, 1.54) is 32.1 Å². The van der Waals surface area contributed by atoms with Crippen molar-refractivity contribution in [2.24, 2.45) is 23.7 Å². The molecule has 5 fully saturated rings. The molecule has 1 spiro atoms. The Kier molecular flexibility index (Phi) is 3.40. The van der Waals surface area contributed by atoms with Crippen molar-refractivity contribution in [2.45, 2.75) is 49.9 Å². The number of benzene rings is 1. The first kappa shape index (κ1) is 15.6. The Hall–Kier alpha value is -1.61. The van der Waals surface area contributed by atoms with Gasteiger partial charge in [-0.25, -0.2) is 4.89 Å². The summed E-state index contributed by atoms with van der Waals surface area (Å²) in [5, 5.41) is 18.9. The Labute approximate surface area is 147 Å². The molecule has 1 aliphatic heterocycles. The minimum atomic E-state index is -1.01. The predicted octanol–water partition coefficient (Wildman–Crippen LogP) is 3.63. The molecular weight excluding hydrogens is 318 g/mol. The Morgan fingerprint density at radius 3 is 2.40 bits per heavy atom. The number of rotatable bonds is 4. The minimum Gasteiger partial charge on any atom is -0.508 e. The van der Waals surface area contributed by atoms with Gasteiger partial charge >= 0.3 is 0 Å². The van der Waals surface area contributed by atoms with Crippen LogP contribution in [0.1, 0.15) is 44.1 Å². The van der Waals surface area contributed by atoms with E-state index < -0.39 is 11.4 Å². The standard InChI is InChI=1S/C20H23NO4/c21-5-2-6-23-20(15-3-1-4-18(22)12-15)19(24-25-20)16-8-13-7-14(10-16)11-17(19)9-13/h1,3-4,12-14,16-17,22H,2,6-11H2. The SMILES string of the molecule is N#CCCOC1(c2cccc(O)c2)OOC12C1CC3CC(C1)CC2C3. The minimum absolute atomic E-state index is 0.190. The van der Waals surface area contributed by atoms with Gasteiger partial charge in [-0.05, 0) is 67.9 Å². The first-order chi connectivity index (χ1) is 12.2. The lowest BCUT2D eigenvalue weighted by atomic mass is 9.47. The van der Waals surface area contributed by atoms with Gasteiger partial charge in [0.15, 0.2) is 5.60 Å². The molecule has 6 rings (SSSR count). The molecule has 1 aromatic carbocycles. The maximum atomic E-state index is 10.0. The fourth-order valence-electron chi connectivity index (χ4n) is 6.22. The average molecular weight is 341 g/mol. The molecule has 1 N–H and O–H groups in total. The maximum absolute atomic E-state index is 10.0. The van der Waals surface area contributed by atoms with Gasteiger partial charge in [-0.3, -0.25) is 0 Å². The molecule has 1 aromatic rings. The topological polar surface area (TPSA) is 71.7 Å². The van der Waals surface area contributed by atoms with Crippen LogP contribution in [0.25, 0.3) is 0 Å². The van der Waals surface area contributed by atoms with Crippen LogP contribution in [-0.2, 0) is 20.3 Å². The zero-order valence-electron chi connectivity index (χ0n) is 14.2. The van der Waals surface area contributed by atoms with Gasteiger partial charge in [0.25, 0.3) is 5.79 Å². The lowest BCUT2D eigenvalue weighted by Gasteiger charge is -2.68. The molecule has 1 unspecified atom stereocenters. The Balaban J connectivity index is 1.58. The van der Waals surface area contributed by atoms with E-state index in [1.54, 1.807) is 12.1 Å². The second kappa shape index (κ2) is 5.44. The summed E-state index contributed by atoms with van der Waals surface area (Å²) >= 11 is 0. The second-order valence-corrected chi connectivity index (χ2v) is 8.19. The summed E-state index contributed by atoms with van der Waals surface area (Å²) in [6.07, 6.45) is 6.33. The Morgan fingerprint density at radius 1 is 1.12 bits per heavy atom. The molecule has 1 heterocycles. The van der Waals surface area contributed by atoms with Gasteiger partial charge in [-0.2, -0.15) is 10.1 Å². The fourth-order valence-corrected chi connectivity index (χ4v) is 6.22. The van der Waals surface area contributed by atoms with Gasteiger partial charge < -0.3 is 9.84 Å². The smallest absolute Gasteiger partial charge is 0.261 e.